The molecule has 1 heterocycles. The molecule has 0 amide bonds. The van der Waals surface area contributed by atoms with Gasteiger partial charge in [0, 0.05) is 18.4 Å². The van der Waals surface area contributed by atoms with Crippen molar-refractivity contribution in [2.75, 3.05) is 11.4 Å². The van der Waals surface area contributed by atoms with E-state index in [9.17, 15) is 0 Å². The lowest BCUT2D eigenvalue weighted by atomic mass is 9.87. The number of hydrogen-bond donors (Lipinski definition) is 0. The van der Waals surface area contributed by atoms with Crippen LogP contribution in [0.15, 0.2) is 36.5 Å². The third-order valence-corrected chi connectivity index (χ3v) is 2.89. The van der Waals surface area contributed by atoms with Crippen LogP contribution in [0, 0.1) is 0 Å². The maximum Gasteiger partial charge on any atom is 0.0406 e. The second kappa shape index (κ2) is 3.73. The van der Waals surface area contributed by atoms with E-state index in [2.05, 4.69) is 62.2 Å². The molecule has 1 heteroatoms. The van der Waals surface area contributed by atoms with Crippen molar-refractivity contribution in [3.05, 3.63) is 42.1 Å². The van der Waals surface area contributed by atoms with Crippen molar-refractivity contribution in [1.29, 1.82) is 0 Å². The molecule has 15 heavy (non-hydrogen) atoms. The van der Waals surface area contributed by atoms with Gasteiger partial charge in [0.15, 0.2) is 0 Å². The molecule has 0 radical (unpaired) electrons. The van der Waals surface area contributed by atoms with Gasteiger partial charge in [0.25, 0.3) is 0 Å². The Balaban J connectivity index is 2.20. The van der Waals surface area contributed by atoms with Crippen LogP contribution in [0.5, 0.6) is 0 Å². The van der Waals surface area contributed by atoms with Crippen molar-refractivity contribution in [1.82, 2.24) is 0 Å². The van der Waals surface area contributed by atoms with Crippen molar-refractivity contribution in [2.45, 2.75) is 32.6 Å². The molecule has 0 saturated carbocycles. The third-order valence-electron chi connectivity index (χ3n) is 2.89. The van der Waals surface area contributed by atoms with Gasteiger partial charge in [-0.25, -0.2) is 0 Å². The van der Waals surface area contributed by atoms with Crippen LogP contribution in [0.4, 0.5) is 5.69 Å². The Kier molecular flexibility index (Phi) is 2.56. The van der Waals surface area contributed by atoms with Gasteiger partial charge in [-0.05, 0) is 29.5 Å². The van der Waals surface area contributed by atoms with E-state index < -0.39 is 0 Å². The highest BCUT2D eigenvalue weighted by molar-refractivity contribution is 5.52. The summed E-state index contributed by atoms with van der Waals surface area (Å²) in [6.07, 6.45) is 5.56. The van der Waals surface area contributed by atoms with Crippen LogP contribution < -0.4 is 4.90 Å². The Hall–Kier alpha value is -1.24. The molecule has 1 aromatic carbocycles. The van der Waals surface area contributed by atoms with Crippen molar-refractivity contribution < 1.29 is 0 Å². The summed E-state index contributed by atoms with van der Waals surface area (Å²) in [6.45, 7) is 7.86. The SMILES string of the molecule is CC(C)(C)c1ccc(N2C=CCC2)cc1. The minimum atomic E-state index is 0.249. The summed E-state index contributed by atoms with van der Waals surface area (Å²) >= 11 is 0. The smallest absolute Gasteiger partial charge is 0.0406 e. The summed E-state index contributed by atoms with van der Waals surface area (Å²) in [4.78, 5) is 2.30. The predicted octanol–water partition coefficient (Wildman–Crippen LogP) is 3.71. The molecule has 0 atom stereocenters. The molecule has 80 valence electrons. The highest BCUT2D eigenvalue weighted by atomic mass is 15.1. The minimum absolute atomic E-state index is 0.249. The first-order valence-corrected chi connectivity index (χ1v) is 5.61. The molecular formula is C14H19N. The molecule has 0 aromatic heterocycles. The van der Waals surface area contributed by atoms with Crippen LogP contribution in [0.1, 0.15) is 32.8 Å². The van der Waals surface area contributed by atoms with Crippen molar-refractivity contribution in [3.63, 3.8) is 0 Å². The third kappa shape index (κ3) is 2.23. The van der Waals surface area contributed by atoms with E-state index in [-0.39, 0.29) is 5.41 Å². The van der Waals surface area contributed by atoms with Crippen LogP contribution in [0.2, 0.25) is 0 Å². The number of nitrogens with zero attached hydrogens (tertiary/aromatic N) is 1. The van der Waals surface area contributed by atoms with Gasteiger partial charge in [-0.2, -0.15) is 0 Å². The van der Waals surface area contributed by atoms with E-state index in [1.165, 1.54) is 17.7 Å². The van der Waals surface area contributed by atoms with Crippen molar-refractivity contribution in [2.24, 2.45) is 0 Å². The van der Waals surface area contributed by atoms with E-state index in [1.807, 2.05) is 0 Å². The van der Waals surface area contributed by atoms with Crippen LogP contribution in [-0.2, 0) is 5.41 Å². The number of anilines is 1. The Morgan fingerprint density at radius 1 is 1.07 bits per heavy atom. The summed E-state index contributed by atoms with van der Waals surface area (Å²) in [5, 5.41) is 0. The Labute approximate surface area is 92.4 Å². The van der Waals surface area contributed by atoms with Gasteiger partial charge in [-0.3, -0.25) is 0 Å². The summed E-state index contributed by atoms with van der Waals surface area (Å²) < 4.78 is 0. The molecular weight excluding hydrogens is 182 g/mol. The lowest BCUT2D eigenvalue weighted by Gasteiger charge is -2.21. The van der Waals surface area contributed by atoms with Crippen LogP contribution in [-0.4, -0.2) is 6.54 Å². The van der Waals surface area contributed by atoms with Crippen molar-refractivity contribution >= 4 is 5.69 Å². The Bertz CT molecular complexity index is 354. The summed E-state index contributed by atoms with van der Waals surface area (Å²) in [7, 11) is 0. The van der Waals surface area contributed by atoms with Crippen LogP contribution in [0.3, 0.4) is 0 Å². The van der Waals surface area contributed by atoms with Gasteiger partial charge in [-0.1, -0.05) is 39.0 Å². The van der Waals surface area contributed by atoms with Gasteiger partial charge in [0.1, 0.15) is 0 Å². The number of hydrogen-bond acceptors (Lipinski definition) is 1. The first-order valence-electron chi connectivity index (χ1n) is 5.61. The van der Waals surface area contributed by atoms with E-state index in [4.69, 9.17) is 0 Å². The lowest BCUT2D eigenvalue weighted by Crippen LogP contribution is -2.14. The average molecular weight is 201 g/mol. The van der Waals surface area contributed by atoms with Crippen LogP contribution >= 0.6 is 0 Å². The van der Waals surface area contributed by atoms with E-state index in [0.29, 0.717) is 0 Å². The van der Waals surface area contributed by atoms with Gasteiger partial charge >= 0.3 is 0 Å². The average Bonchev–Trinajstić information content (AvgIpc) is 2.69. The fourth-order valence-electron chi connectivity index (χ4n) is 1.86. The molecule has 1 nitrogen and oxygen atoms in total. The van der Waals surface area contributed by atoms with Crippen LogP contribution in [0.25, 0.3) is 0 Å². The molecule has 0 aliphatic carbocycles. The zero-order valence-corrected chi connectivity index (χ0v) is 9.83. The molecule has 0 spiro atoms. The summed E-state index contributed by atoms with van der Waals surface area (Å²) in [5.74, 6) is 0. The summed E-state index contributed by atoms with van der Waals surface area (Å²) in [6, 6.07) is 8.91. The molecule has 2 rings (SSSR count). The maximum atomic E-state index is 2.30. The summed E-state index contributed by atoms with van der Waals surface area (Å²) in [5.41, 5.74) is 2.95. The molecule has 0 unspecified atom stereocenters. The minimum Gasteiger partial charge on any atom is -0.348 e. The van der Waals surface area contributed by atoms with Crippen molar-refractivity contribution in [3.8, 4) is 0 Å². The second-order valence-corrected chi connectivity index (χ2v) is 5.16. The molecule has 1 aliphatic rings. The maximum absolute atomic E-state index is 2.30. The van der Waals surface area contributed by atoms with E-state index in [1.54, 1.807) is 0 Å². The predicted molar refractivity (Wildman–Crippen MR) is 66.2 cm³/mol. The fraction of sp³-hybridized carbons (Fsp3) is 0.429. The lowest BCUT2D eigenvalue weighted by molar-refractivity contribution is 0.590. The Morgan fingerprint density at radius 3 is 2.20 bits per heavy atom. The highest BCUT2D eigenvalue weighted by Crippen LogP contribution is 2.25. The monoisotopic (exact) mass is 201 g/mol. The van der Waals surface area contributed by atoms with E-state index >= 15 is 0 Å². The first-order chi connectivity index (χ1) is 7.07. The zero-order chi connectivity index (χ0) is 10.9. The van der Waals surface area contributed by atoms with Gasteiger partial charge in [0.05, 0.1) is 0 Å². The number of benzene rings is 1. The topological polar surface area (TPSA) is 3.24 Å². The second-order valence-electron chi connectivity index (χ2n) is 5.16. The van der Waals surface area contributed by atoms with Gasteiger partial charge < -0.3 is 4.90 Å². The fourth-order valence-corrected chi connectivity index (χ4v) is 1.86. The standard InChI is InChI=1S/C14H19N/c1-14(2,3)12-6-8-13(9-7-12)15-10-4-5-11-15/h4,6-10H,5,11H2,1-3H3. The molecule has 1 aliphatic heterocycles. The van der Waals surface area contributed by atoms with E-state index in [0.717, 1.165) is 6.54 Å². The molecule has 0 saturated heterocycles. The molecule has 0 fully saturated rings. The molecule has 1 aromatic rings. The normalized spacial score (nSPS) is 16.1. The van der Waals surface area contributed by atoms with Gasteiger partial charge in [0.2, 0.25) is 0 Å². The number of rotatable bonds is 1. The van der Waals surface area contributed by atoms with Gasteiger partial charge in [-0.15, -0.1) is 0 Å². The molecule has 0 N–H and O–H groups in total. The molecule has 0 bridgehead atoms. The first kappa shape index (κ1) is 10.3. The highest BCUT2D eigenvalue weighted by Gasteiger charge is 2.14. The quantitative estimate of drug-likeness (QED) is 0.669. The largest absolute Gasteiger partial charge is 0.348 e. The Morgan fingerprint density at radius 2 is 1.73 bits per heavy atom. The zero-order valence-electron chi connectivity index (χ0n) is 9.83.